The Kier molecular flexibility index (Phi) is 3.09. The Morgan fingerprint density at radius 2 is 2.25 bits per heavy atom. The molecular formula is C9H6ClFO. The largest absolute Gasteiger partial charge is 0.384 e. The molecule has 0 bridgehead atoms. The van der Waals surface area contributed by atoms with Crippen LogP contribution in [-0.2, 0) is 0 Å². The fourth-order valence-electron chi connectivity index (χ4n) is 0.728. The summed E-state index contributed by atoms with van der Waals surface area (Å²) in [6.07, 6.45) is 0. The van der Waals surface area contributed by atoms with E-state index in [0.717, 1.165) is 0 Å². The molecule has 1 nitrogen and oxygen atoms in total. The Morgan fingerprint density at radius 3 is 2.92 bits per heavy atom. The average Bonchev–Trinajstić information content (AvgIpc) is 2.07. The smallest absolute Gasteiger partial charge is 0.124 e. The summed E-state index contributed by atoms with van der Waals surface area (Å²) in [5, 5.41) is 8.76. The van der Waals surface area contributed by atoms with E-state index >= 15 is 0 Å². The lowest BCUT2D eigenvalue weighted by Crippen LogP contribution is -1.81. The van der Waals surface area contributed by atoms with Crippen LogP contribution < -0.4 is 0 Å². The summed E-state index contributed by atoms with van der Waals surface area (Å²) >= 11 is 5.68. The van der Waals surface area contributed by atoms with Gasteiger partial charge in [-0.25, -0.2) is 4.39 Å². The predicted octanol–water partition coefficient (Wildman–Crippen LogP) is 1.82. The van der Waals surface area contributed by atoms with Crippen LogP contribution in [-0.4, -0.2) is 11.7 Å². The van der Waals surface area contributed by atoms with Crippen molar-refractivity contribution in [1.82, 2.24) is 0 Å². The summed E-state index contributed by atoms with van der Waals surface area (Å²) < 4.78 is 12.6. The molecule has 3 heteroatoms. The first-order valence-electron chi connectivity index (χ1n) is 3.29. The number of hydrogen-bond donors (Lipinski definition) is 1. The normalized spacial score (nSPS) is 8.92. The second-order valence-corrected chi connectivity index (χ2v) is 2.49. The third kappa shape index (κ3) is 2.23. The Bertz CT molecular complexity index is 338. The number of hydrogen-bond acceptors (Lipinski definition) is 1. The lowest BCUT2D eigenvalue weighted by molar-refractivity contribution is 0.350. The van der Waals surface area contributed by atoms with Crippen LogP contribution in [0.5, 0.6) is 0 Å². The highest BCUT2D eigenvalue weighted by atomic mass is 35.5. The van der Waals surface area contributed by atoms with Crippen molar-refractivity contribution in [3.8, 4) is 11.8 Å². The van der Waals surface area contributed by atoms with Crippen LogP contribution >= 0.6 is 11.6 Å². The summed E-state index contributed by atoms with van der Waals surface area (Å²) in [6.45, 7) is -0.257. The zero-order chi connectivity index (χ0) is 8.97. The first-order chi connectivity index (χ1) is 5.74. The third-order valence-electron chi connectivity index (χ3n) is 1.23. The van der Waals surface area contributed by atoms with E-state index in [2.05, 4.69) is 11.8 Å². The quantitative estimate of drug-likeness (QED) is 0.610. The van der Waals surface area contributed by atoms with Crippen LogP contribution in [0.2, 0.25) is 5.02 Å². The first-order valence-corrected chi connectivity index (χ1v) is 3.66. The molecule has 0 fully saturated rings. The molecular weight excluding hydrogens is 179 g/mol. The standard InChI is InChI=1S/C9H6ClFO/c10-9-4-3-8(11)6-7(9)2-1-5-12/h3-4,6,12H,5H2. The molecule has 1 aromatic carbocycles. The van der Waals surface area contributed by atoms with Crippen LogP contribution in [0.25, 0.3) is 0 Å². The Hall–Kier alpha value is -1.04. The van der Waals surface area contributed by atoms with E-state index in [1.807, 2.05) is 0 Å². The summed E-state index contributed by atoms with van der Waals surface area (Å²) in [6, 6.07) is 3.91. The van der Waals surface area contributed by atoms with E-state index < -0.39 is 0 Å². The van der Waals surface area contributed by atoms with Crippen molar-refractivity contribution >= 4 is 11.6 Å². The molecule has 0 saturated heterocycles. The number of halogens is 2. The molecule has 0 saturated carbocycles. The number of rotatable bonds is 0. The maximum Gasteiger partial charge on any atom is 0.124 e. The Balaban J connectivity index is 3.05. The van der Waals surface area contributed by atoms with Gasteiger partial charge in [0.15, 0.2) is 0 Å². The zero-order valence-corrected chi connectivity index (χ0v) is 6.90. The monoisotopic (exact) mass is 184 g/mol. The van der Waals surface area contributed by atoms with Crippen molar-refractivity contribution in [2.45, 2.75) is 0 Å². The molecule has 0 aromatic heterocycles. The van der Waals surface area contributed by atoms with Crippen LogP contribution in [0.1, 0.15) is 5.56 Å². The van der Waals surface area contributed by atoms with Gasteiger partial charge in [-0.3, -0.25) is 0 Å². The molecule has 0 atom stereocenters. The zero-order valence-electron chi connectivity index (χ0n) is 6.14. The van der Waals surface area contributed by atoms with Gasteiger partial charge >= 0.3 is 0 Å². The van der Waals surface area contributed by atoms with E-state index in [1.54, 1.807) is 0 Å². The Morgan fingerprint density at radius 1 is 1.50 bits per heavy atom. The lowest BCUT2D eigenvalue weighted by atomic mass is 10.2. The molecule has 1 rings (SSSR count). The summed E-state index contributed by atoms with van der Waals surface area (Å²) in [7, 11) is 0. The van der Waals surface area contributed by atoms with E-state index in [1.165, 1.54) is 18.2 Å². The van der Waals surface area contributed by atoms with Crippen LogP contribution in [0.15, 0.2) is 18.2 Å². The van der Waals surface area contributed by atoms with E-state index in [9.17, 15) is 4.39 Å². The Labute approximate surface area is 74.8 Å². The van der Waals surface area contributed by atoms with Gasteiger partial charge in [-0.1, -0.05) is 23.4 Å². The van der Waals surface area contributed by atoms with Gasteiger partial charge in [0.25, 0.3) is 0 Å². The van der Waals surface area contributed by atoms with Gasteiger partial charge in [-0.15, -0.1) is 0 Å². The SMILES string of the molecule is OCC#Cc1cc(F)ccc1Cl. The second kappa shape index (κ2) is 4.10. The highest BCUT2D eigenvalue weighted by Gasteiger charge is 1.97. The third-order valence-corrected chi connectivity index (χ3v) is 1.56. The molecule has 0 radical (unpaired) electrons. The highest BCUT2D eigenvalue weighted by molar-refractivity contribution is 6.31. The maximum absolute atomic E-state index is 12.6. The van der Waals surface area contributed by atoms with Gasteiger partial charge in [0.1, 0.15) is 12.4 Å². The van der Waals surface area contributed by atoms with Crippen LogP contribution in [0.3, 0.4) is 0 Å². The van der Waals surface area contributed by atoms with Gasteiger partial charge < -0.3 is 5.11 Å². The fourth-order valence-corrected chi connectivity index (χ4v) is 0.893. The van der Waals surface area contributed by atoms with Gasteiger partial charge in [-0.2, -0.15) is 0 Å². The van der Waals surface area contributed by atoms with E-state index in [4.69, 9.17) is 16.7 Å². The molecule has 0 unspecified atom stereocenters. The number of aliphatic hydroxyl groups excluding tert-OH is 1. The molecule has 1 aromatic rings. The van der Waals surface area contributed by atoms with Crippen molar-refractivity contribution in [2.24, 2.45) is 0 Å². The molecule has 0 amide bonds. The minimum absolute atomic E-state index is 0.257. The predicted molar refractivity (Wildman–Crippen MR) is 45.4 cm³/mol. The molecule has 0 aliphatic heterocycles. The molecule has 62 valence electrons. The summed E-state index contributed by atoms with van der Waals surface area (Å²) in [5.74, 6) is 4.53. The second-order valence-electron chi connectivity index (χ2n) is 2.08. The number of aliphatic hydroxyl groups is 1. The van der Waals surface area contributed by atoms with Gasteiger partial charge in [0, 0.05) is 5.56 Å². The maximum atomic E-state index is 12.6. The van der Waals surface area contributed by atoms with Crippen molar-refractivity contribution in [3.05, 3.63) is 34.6 Å². The number of benzene rings is 1. The highest BCUT2D eigenvalue weighted by Crippen LogP contribution is 2.15. The van der Waals surface area contributed by atoms with Crippen molar-refractivity contribution in [2.75, 3.05) is 6.61 Å². The van der Waals surface area contributed by atoms with E-state index in [0.29, 0.717) is 10.6 Å². The average molecular weight is 185 g/mol. The fraction of sp³-hybridized carbons (Fsp3) is 0.111. The van der Waals surface area contributed by atoms with Crippen LogP contribution in [0, 0.1) is 17.7 Å². The van der Waals surface area contributed by atoms with Gasteiger partial charge in [0.05, 0.1) is 5.02 Å². The minimum atomic E-state index is -0.387. The van der Waals surface area contributed by atoms with E-state index in [-0.39, 0.29) is 12.4 Å². The van der Waals surface area contributed by atoms with Crippen molar-refractivity contribution < 1.29 is 9.50 Å². The first kappa shape index (κ1) is 9.05. The molecule has 0 spiro atoms. The van der Waals surface area contributed by atoms with Crippen molar-refractivity contribution in [3.63, 3.8) is 0 Å². The summed E-state index contributed by atoms with van der Waals surface area (Å²) in [5.41, 5.74) is 0.394. The lowest BCUT2D eigenvalue weighted by Gasteiger charge is -1.94. The molecule has 1 N–H and O–H groups in total. The summed E-state index contributed by atoms with van der Waals surface area (Å²) in [4.78, 5) is 0. The molecule has 0 aliphatic carbocycles. The molecule has 0 heterocycles. The minimum Gasteiger partial charge on any atom is -0.384 e. The van der Waals surface area contributed by atoms with Gasteiger partial charge in [-0.05, 0) is 18.2 Å². The molecule has 12 heavy (non-hydrogen) atoms. The van der Waals surface area contributed by atoms with Crippen LogP contribution in [0.4, 0.5) is 4.39 Å². The van der Waals surface area contributed by atoms with Crippen molar-refractivity contribution in [1.29, 1.82) is 0 Å². The molecule has 0 aliphatic rings. The van der Waals surface area contributed by atoms with Gasteiger partial charge in [0.2, 0.25) is 0 Å². The topological polar surface area (TPSA) is 20.2 Å².